The zero-order valence-electron chi connectivity index (χ0n) is 10.6. The van der Waals surface area contributed by atoms with E-state index in [1.54, 1.807) is 0 Å². The average molecular weight is 307 g/mol. The summed E-state index contributed by atoms with van der Waals surface area (Å²) in [6.07, 6.45) is -4.77. The van der Waals surface area contributed by atoms with Gasteiger partial charge in [0.1, 0.15) is 11.5 Å². The highest BCUT2D eigenvalue weighted by atomic mass is 32.1. The lowest BCUT2D eigenvalue weighted by Gasteiger charge is -2.08. The molecule has 0 atom stereocenters. The molecular formula is C13H10F5NS. The van der Waals surface area contributed by atoms with Crippen molar-refractivity contribution in [1.29, 1.82) is 0 Å². The van der Waals surface area contributed by atoms with E-state index in [9.17, 15) is 22.0 Å². The highest BCUT2D eigenvalue weighted by molar-refractivity contribution is 7.10. The summed E-state index contributed by atoms with van der Waals surface area (Å²) in [7, 11) is 0. The van der Waals surface area contributed by atoms with Crippen LogP contribution in [0.2, 0.25) is 0 Å². The fraction of sp³-hybridized carbons (Fsp3) is 0.308. The predicted octanol–water partition coefficient (Wildman–Crippen LogP) is 5.23. The monoisotopic (exact) mass is 307 g/mol. The van der Waals surface area contributed by atoms with Gasteiger partial charge in [0, 0.05) is 11.5 Å². The molecule has 2 aromatic rings. The molecule has 2 rings (SSSR count). The lowest BCUT2D eigenvalue weighted by atomic mass is 10.1. The second kappa shape index (κ2) is 5.12. The fourth-order valence-corrected chi connectivity index (χ4v) is 2.45. The van der Waals surface area contributed by atoms with Crippen LogP contribution in [0.25, 0.3) is 11.3 Å². The Kier molecular flexibility index (Phi) is 3.82. The van der Waals surface area contributed by atoms with Gasteiger partial charge in [-0.2, -0.15) is 17.6 Å². The Balaban J connectivity index is 2.47. The molecule has 0 radical (unpaired) electrons. The van der Waals surface area contributed by atoms with Gasteiger partial charge in [-0.15, -0.1) is 0 Å². The van der Waals surface area contributed by atoms with E-state index in [4.69, 9.17) is 0 Å². The van der Waals surface area contributed by atoms with Gasteiger partial charge >= 0.3 is 6.18 Å². The van der Waals surface area contributed by atoms with Crippen molar-refractivity contribution < 1.29 is 22.0 Å². The maximum atomic E-state index is 13.7. The lowest BCUT2D eigenvalue weighted by Crippen LogP contribution is -2.07. The van der Waals surface area contributed by atoms with E-state index in [2.05, 4.69) is 4.98 Å². The number of thiazole rings is 1. The summed E-state index contributed by atoms with van der Waals surface area (Å²) in [5.41, 5.74) is -1.50. The van der Waals surface area contributed by atoms with Gasteiger partial charge in [-0.25, -0.2) is 9.37 Å². The van der Waals surface area contributed by atoms with E-state index in [0.29, 0.717) is 17.1 Å². The van der Waals surface area contributed by atoms with Crippen LogP contribution in [0.5, 0.6) is 0 Å². The van der Waals surface area contributed by atoms with Crippen molar-refractivity contribution in [3.05, 3.63) is 39.7 Å². The highest BCUT2D eigenvalue weighted by Gasteiger charge is 2.34. The first-order valence-electron chi connectivity index (χ1n) is 5.73. The summed E-state index contributed by atoms with van der Waals surface area (Å²) in [5, 5.41) is -0.120. The Hall–Kier alpha value is -1.50. The van der Waals surface area contributed by atoms with Crippen LogP contribution in [0.15, 0.2) is 18.2 Å². The minimum atomic E-state index is -4.77. The molecule has 1 heterocycles. The van der Waals surface area contributed by atoms with Crippen LogP contribution in [0.1, 0.15) is 30.3 Å². The van der Waals surface area contributed by atoms with Crippen molar-refractivity contribution in [3.8, 4) is 11.3 Å². The number of rotatable bonds is 2. The molecule has 1 aromatic heterocycles. The van der Waals surface area contributed by atoms with Crippen molar-refractivity contribution in [2.75, 3.05) is 0 Å². The molecule has 20 heavy (non-hydrogen) atoms. The quantitative estimate of drug-likeness (QED) is 0.692. The normalized spacial score (nSPS) is 12.2. The number of alkyl halides is 3. The number of hydrogen-bond acceptors (Lipinski definition) is 2. The molecule has 7 heteroatoms. The first-order valence-corrected chi connectivity index (χ1v) is 6.55. The van der Waals surface area contributed by atoms with Gasteiger partial charge in [0.2, 0.25) is 5.13 Å². The van der Waals surface area contributed by atoms with Crippen LogP contribution in [0.3, 0.4) is 0 Å². The third kappa shape index (κ3) is 2.82. The molecule has 0 aliphatic rings. The van der Waals surface area contributed by atoms with E-state index in [1.807, 2.05) is 13.8 Å². The van der Waals surface area contributed by atoms with E-state index in [1.165, 1.54) is 0 Å². The van der Waals surface area contributed by atoms with Gasteiger partial charge in [-0.1, -0.05) is 31.3 Å². The van der Waals surface area contributed by atoms with Gasteiger partial charge in [0.25, 0.3) is 0 Å². The molecule has 108 valence electrons. The standard InChI is InChI=1S/C13H10F5NS/c1-6(2)12-19-10(11(15)20-12)7-3-4-8(9(14)5-7)13(16,17)18/h3-6H,1-2H3. The molecule has 0 N–H and O–H groups in total. The SMILES string of the molecule is CC(C)c1nc(-c2ccc(C(F)(F)F)c(F)c2)c(F)s1. The summed E-state index contributed by atoms with van der Waals surface area (Å²) in [4.78, 5) is 4.01. The largest absolute Gasteiger partial charge is 0.419 e. The van der Waals surface area contributed by atoms with Crippen LogP contribution in [0.4, 0.5) is 22.0 Å². The molecule has 0 fully saturated rings. The second-order valence-corrected chi connectivity index (χ2v) is 5.50. The molecule has 1 nitrogen and oxygen atoms in total. The lowest BCUT2D eigenvalue weighted by molar-refractivity contribution is -0.139. The van der Waals surface area contributed by atoms with Crippen molar-refractivity contribution in [2.45, 2.75) is 25.9 Å². The highest BCUT2D eigenvalue weighted by Crippen LogP contribution is 2.35. The summed E-state index contributed by atoms with van der Waals surface area (Å²) in [6.45, 7) is 3.63. The fourth-order valence-electron chi connectivity index (χ4n) is 1.63. The van der Waals surface area contributed by atoms with Gasteiger partial charge in [-0.3, -0.25) is 0 Å². The summed E-state index contributed by atoms with van der Waals surface area (Å²) in [6, 6.07) is 2.28. The van der Waals surface area contributed by atoms with Gasteiger partial charge in [-0.05, 0) is 12.1 Å². The van der Waals surface area contributed by atoms with E-state index in [0.717, 1.165) is 17.4 Å². The van der Waals surface area contributed by atoms with E-state index < -0.39 is 22.7 Å². The summed E-state index contributed by atoms with van der Waals surface area (Å²) < 4.78 is 64.5. The summed E-state index contributed by atoms with van der Waals surface area (Å²) in [5.74, 6) is -1.45. The van der Waals surface area contributed by atoms with Gasteiger partial charge in [0.05, 0.1) is 10.6 Å². The average Bonchev–Trinajstić information content (AvgIpc) is 2.69. The predicted molar refractivity (Wildman–Crippen MR) is 66.6 cm³/mol. The first-order chi connectivity index (χ1) is 9.20. The molecule has 1 aromatic carbocycles. The number of benzene rings is 1. The van der Waals surface area contributed by atoms with Crippen LogP contribution < -0.4 is 0 Å². The minimum Gasteiger partial charge on any atom is -0.238 e. The molecule has 0 spiro atoms. The number of hydrogen-bond donors (Lipinski definition) is 0. The Morgan fingerprint density at radius 1 is 1.15 bits per heavy atom. The maximum Gasteiger partial charge on any atom is 0.419 e. The van der Waals surface area contributed by atoms with Crippen molar-refractivity contribution >= 4 is 11.3 Å². The van der Waals surface area contributed by atoms with E-state index >= 15 is 0 Å². The number of halogens is 5. The molecule has 0 aliphatic carbocycles. The maximum absolute atomic E-state index is 13.7. The summed E-state index contributed by atoms with van der Waals surface area (Å²) >= 11 is 0.810. The Morgan fingerprint density at radius 2 is 1.80 bits per heavy atom. The minimum absolute atomic E-state index is 0.00356. The van der Waals surface area contributed by atoms with E-state index in [-0.39, 0.29) is 17.2 Å². The van der Waals surface area contributed by atoms with Crippen LogP contribution in [-0.4, -0.2) is 4.98 Å². The first kappa shape index (κ1) is 14.9. The van der Waals surface area contributed by atoms with Crippen molar-refractivity contribution in [3.63, 3.8) is 0 Å². The van der Waals surface area contributed by atoms with Crippen LogP contribution in [-0.2, 0) is 6.18 Å². The molecule has 0 bridgehead atoms. The second-order valence-electron chi connectivity index (χ2n) is 4.52. The zero-order valence-corrected chi connectivity index (χ0v) is 11.4. The van der Waals surface area contributed by atoms with Crippen LogP contribution in [0, 0.1) is 10.9 Å². The van der Waals surface area contributed by atoms with Crippen LogP contribution >= 0.6 is 11.3 Å². The Bertz CT molecular complexity index is 630. The molecule has 0 saturated carbocycles. The molecular weight excluding hydrogens is 297 g/mol. The molecule has 0 unspecified atom stereocenters. The Labute approximate surface area is 116 Å². The topological polar surface area (TPSA) is 12.9 Å². The third-order valence-corrected chi connectivity index (χ3v) is 3.79. The number of aromatic nitrogens is 1. The Morgan fingerprint density at radius 3 is 2.25 bits per heavy atom. The molecule has 0 aliphatic heterocycles. The number of nitrogens with zero attached hydrogens (tertiary/aromatic N) is 1. The zero-order chi connectivity index (χ0) is 15.1. The molecule has 0 amide bonds. The van der Waals surface area contributed by atoms with Gasteiger partial charge in [0.15, 0.2) is 0 Å². The smallest absolute Gasteiger partial charge is 0.238 e. The third-order valence-electron chi connectivity index (χ3n) is 2.64. The van der Waals surface area contributed by atoms with Gasteiger partial charge < -0.3 is 0 Å². The molecule has 0 saturated heterocycles. The van der Waals surface area contributed by atoms with Crippen molar-refractivity contribution in [2.24, 2.45) is 0 Å². The van der Waals surface area contributed by atoms with Crippen molar-refractivity contribution in [1.82, 2.24) is 4.98 Å².